The number of benzene rings is 2. The van der Waals surface area contributed by atoms with E-state index in [1.807, 2.05) is 30.9 Å². The van der Waals surface area contributed by atoms with Gasteiger partial charge >= 0.3 is 6.09 Å². The minimum absolute atomic E-state index is 0.0855. The van der Waals surface area contributed by atoms with E-state index in [0.717, 1.165) is 25.8 Å². The molecule has 0 radical (unpaired) electrons. The van der Waals surface area contributed by atoms with Crippen molar-refractivity contribution in [2.75, 3.05) is 0 Å². The summed E-state index contributed by atoms with van der Waals surface area (Å²) in [7, 11) is 0. The molecule has 2 aromatic rings. The molecule has 0 aliphatic carbocycles. The molecule has 0 spiro atoms. The Balaban J connectivity index is 1.80. The molecule has 0 saturated carbocycles. The normalized spacial score (nSPS) is 21.9. The van der Waals surface area contributed by atoms with Crippen LogP contribution in [0.3, 0.4) is 0 Å². The van der Waals surface area contributed by atoms with Crippen LogP contribution < -0.4 is 5.32 Å². The fourth-order valence-corrected chi connectivity index (χ4v) is 4.10. The van der Waals surface area contributed by atoms with Gasteiger partial charge in [0.1, 0.15) is 0 Å². The Morgan fingerprint density at radius 1 is 1.07 bits per heavy atom. The van der Waals surface area contributed by atoms with Gasteiger partial charge in [-0.1, -0.05) is 67.6 Å². The number of carbonyl (C=O) groups is 1. The molecule has 3 atom stereocenters. The van der Waals surface area contributed by atoms with Crippen LogP contribution in [0.2, 0.25) is 0 Å². The van der Waals surface area contributed by atoms with Gasteiger partial charge in [0.25, 0.3) is 0 Å². The fourth-order valence-electron chi connectivity index (χ4n) is 4.10. The molecule has 3 rings (SSSR count). The number of carbonyl (C=O) groups excluding carboxylic acids is 1. The van der Waals surface area contributed by atoms with Crippen LogP contribution in [0.25, 0.3) is 0 Å². The van der Waals surface area contributed by atoms with Crippen LogP contribution in [0.5, 0.6) is 0 Å². The minimum Gasteiger partial charge on any atom is -0.447 e. The van der Waals surface area contributed by atoms with Crippen molar-refractivity contribution >= 4 is 6.09 Å². The summed E-state index contributed by atoms with van der Waals surface area (Å²) in [6.45, 7) is 6.78. The Kier molecular flexibility index (Phi) is 7.10. The summed E-state index contributed by atoms with van der Waals surface area (Å²) in [6, 6.07) is 21.4. The van der Waals surface area contributed by atoms with Crippen LogP contribution in [0.1, 0.15) is 44.7 Å². The van der Waals surface area contributed by atoms with Crippen molar-refractivity contribution in [3.8, 4) is 0 Å². The fraction of sp³-hybridized carbons (Fsp3) is 0.458. The smallest absolute Gasteiger partial charge is 0.410 e. The largest absolute Gasteiger partial charge is 0.447 e. The average Bonchev–Trinajstić information content (AvgIpc) is 3.05. The third-order valence-electron chi connectivity index (χ3n) is 5.46. The van der Waals surface area contributed by atoms with Crippen molar-refractivity contribution in [3.05, 3.63) is 71.8 Å². The summed E-state index contributed by atoms with van der Waals surface area (Å²) in [6.07, 6.45) is 2.41. The first-order valence-corrected chi connectivity index (χ1v) is 10.4. The highest BCUT2D eigenvalue weighted by Gasteiger charge is 2.43. The second kappa shape index (κ2) is 9.74. The SMILES string of the molecule is CC[C@@H]1C[C@H](NCc2ccccc2)[C@H](Cc2ccccc2)N1C(=O)OC(C)C. The van der Waals surface area contributed by atoms with Gasteiger partial charge in [-0.25, -0.2) is 4.79 Å². The second-order valence-electron chi connectivity index (χ2n) is 7.87. The Hall–Kier alpha value is -2.33. The summed E-state index contributed by atoms with van der Waals surface area (Å²) >= 11 is 0. The third-order valence-corrected chi connectivity index (χ3v) is 5.46. The molecule has 1 aliphatic rings. The lowest BCUT2D eigenvalue weighted by Gasteiger charge is -2.31. The van der Waals surface area contributed by atoms with Gasteiger partial charge in [-0.15, -0.1) is 0 Å². The molecule has 1 fully saturated rings. The van der Waals surface area contributed by atoms with Crippen LogP contribution in [-0.2, 0) is 17.7 Å². The quantitative estimate of drug-likeness (QED) is 0.751. The molecule has 0 bridgehead atoms. The molecule has 4 heteroatoms. The van der Waals surface area contributed by atoms with Crippen molar-refractivity contribution in [3.63, 3.8) is 0 Å². The van der Waals surface area contributed by atoms with E-state index in [1.165, 1.54) is 11.1 Å². The van der Waals surface area contributed by atoms with Gasteiger partial charge in [0.15, 0.2) is 0 Å². The highest BCUT2D eigenvalue weighted by molar-refractivity contribution is 5.69. The van der Waals surface area contributed by atoms with Gasteiger partial charge in [0.2, 0.25) is 0 Å². The lowest BCUT2D eigenvalue weighted by molar-refractivity contribution is 0.0590. The lowest BCUT2D eigenvalue weighted by Crippen LogP contribution is -2.48. The molecule has 1 amide bonds. The zero-order chi connectivity index (χ0) is 19.9. The number of hydrogen-bond donors (Lipinski definition) is 1. The lowest BCUT2D eigenvalue weighted by atomic mass is 9.99. The first-order valence-electron chi connectivity index (χ1n) is 10.4. The maximum atomic E-state index is 12.9. The van der Waals surface area contributed by atoms with E-state index in [-0.39, 0.29) is 30.3 Å². The zero-order valence-corrected chi connectivity index (χ0v) is 17.2. The van der Waals surface area contributed by atoms with Crippen LogP contribution in [0.4, 0.5) is 4.79 Å². The summed E-state index contributed by atoms with van der Waals surface area (Å²) < 4.78 is 5.60. The van der Waals surface area contributed by atoms with Crippen molar-refractivity contribution in [1.29, 1.82) is 0 Å². The summed E-state index contributed by atoms with van der Waals surface area (Å²) in [4.78, 5) is 14.9. The average molecular weight is 381 g/mol. The van der Waals surface area contributed by atoms with Crippen molar-refractivity contribution < 1.29 is 9.53 Å². The Labute approximate surface area is 168 Å². The van der Waals surface area contributed by atoms with E-state index < -0.39 is 0 Å². The molecule has 0 aromatic heterocycles. The van der Waals surface area contributed by atoms with Gasteiger partial charge in [-0.05, 0) is 44.2 Å². The maximum Gasteiger partial charge on any atom is 0.410 e. The molecular formula is C24H32N2O2. The number of rotatable bonds is 7. The van der Waals surface area contributed by atoms with Crippen molar-refractivity contribution in [2.24, 2.45) is 0 Å². The monoisotopic (exact) mass is 380 g/mol. The van der Waals surface area contributed by atoms with E-state index in [2.05, 4.69) is 60.8 Å². The van der Waals surface area contributed by atoms with Crippen LogP contribution in [0.15, 0.2) is 60.7 Å². The Morgan fingerprint density at radius 3 is 2.25 bits per heavy atom. The maximum absolute atomic E-state index is 12.9. The Morgan fingerprint density at radius 2 is 1.68 bits per heavy atom. The summed E-state index contributed by atoms with van der Waals surface area (Å²) in [5, 5.41) is 3.72. The van der Waals surface area contributed by atoms with Gasteiger partial charge in [0.05, 0.1) is 12.1 Å². The molecule has 150 valence electrons. The number of nitrogens with one attached hydrogen (secondary N) is 1. The number of hydrogen-bond acceptors (Lipinski definition) is 3. The highest BCUT2D eigenvalue weighted by atomic mass is 16.6. The van der Waals surface area contributed by atoms with E-state index >= 15 is 0 Å². The summed E-state index contributed by atoms with van der Waals surface area (Å²) in [5.74, 6) is 0. The van der Waals surface area contributed by atoms with Crippen LogP contribution in [0, 0.1) is 0 Å². The van der Waals surface area contributed by atoms with Gasteiger partial charge in [-0.2, -0.15) is 0 Å². The molecule has 1 aliphatic heterocycles. The Bertz CT molecular complexity index is 733. The highest BCUT2D eigenvalue weighted by Crippen LogP contribution is 2.30. The topological polar surface area (TPSA) is 41.6 Å². The van der Waals surface area contributed by atoms with Gasteiger partial charge in [-0.3, -0.25) is 0 Å². The van der Waals surface area contributed by atoms with Crippen molar-refractivity contribution in [1.82, 2.24) is 10.2 Å². The van der Waals surface area contributed by atoms with Crippen molar-refractivity contribution in [2.45, 2.75) is 70.8 Å². The molecule has 1 saturated heterocycles. The van der Waals surface area contributed by atoms with E-state index in [1.54, 1.807) is 0 Å². The number of likely N-dealkylation sites (tertiary alicyclic amines) is 1. The molecular weight excluding hydrogens is 348 g/mol. The number of nitrogens with zero attached hydrogens (tertiary/aromatic N) is 1. The van der Waals surface area contributed by atoms with Gasteiger partial charge in [0, 0.05) is 18.6 Å². The van der Waals surface area contributed by atoms with Crippen LogP contribution in [-0.4, -0.2) is 35.2 Å². The predicted molar refractivity (Wildman–Crippen MR) is 113 cm³/mol. The number of ether oxygens (including phenoxy) is 1. The minimum atomic E-state index is -0.188. The standard InChI is InChI=1S/C24H32N2O2/c1-4-21-16-22(25-17-20-13-9-6-10-14-20)23(15-19-11-7-5-8-12-19)26(21)24(27)28-18(2)3/h5-14,18,21-23,25H,4,15-17H2,1-3H3/t21-,22+,23+/m1/s1. The molecule has 28 heavy (non-hydrogen) atoms. The molecule has 2 aromatic carbocycles. The second-order valence-corrected chi connectivity index (χ2v) is 7.87. The zero-order valence-electron chi connectivity index (χ0n) is 17.2. The summed E-state index contributed by atoms with van der Waals surface area (Å²) in [5.41, 5.74) is 2.51. The first-order chi connectivity index (χ1) is 13.6. The molecule has 1 N–H and O–H groups in total. The first kappa shape index (κ1) is 20.4. The number of amides is 1. The third kappa shape index (κ3) is 5.14. The predicted octanol–water partition coefficient (Wildman–Crippen LogP) is 4.79. The molecule has 1 heterocycles. The van der Waals surface area contributed by atoms with Crippen LogP contribution >= 0.6 is 0 Å². The molecule has 0 unspecified atom stereocenters. The van der Waals surface area contributed by atoms with E-state index in [0.29, 0.717) is 0 Å². The van der Waals surface area contributed by atoms with Gasteiger partial charge < -0.3 is 15.0 Å². The molecule has 4 nitrogen and oxygen atoms in total. The van der Waals surface area contributed by atoms with E-state index in [4.69, 9.17) is 4.74 Å². The van der Waals surface area contributed by atoms with E-state index in [9.17, 15) is 4.79 Å².